The first-order valence-electron chi connectivity index (χ1n) is 11.7. The first-order valence-corrected chi connectivity index (χ1v) is 11.7. The number of fused-ring (bicyclic) bond motifs is 1. The Morgan fingerprint density at radius 2 is 1.97 bits per heavy atom. The second-order valence-electron chi connectivity index (χ2n) is 10.3. The van der Waals surface area contributed by atoms with Crippen LogP contribution in [0.25, 0.3) is 0 Å². The van der Waals surface area contributed by atoms with Crippen LogP contribution in [0.3, 0.4) is 0 Å². The molecule has 5 heteroatoms. The molecule has 3 aliphatic carbocycles. The lowest BCUT2D eigenvalue weighted by molar-refractivity contribution is -0.0115. The number of aromatic nitrogens is 2. The third kappa shape index (κ3) is 3.73. The van der Waals surface area contributed by atoms with Gasteiger partial charge in [-0.05, 0) is 61.5 Å². The largest absolute Gasteiger partial charge is 0.307 e. The van der Waals surface area contributed by atoms with Crippen LogP contribution in [0.4, 0.5) is 5.82 Å². The fourth-order valence-electron chi connectivity index (χ4n) is 5.95. The van der Waals surface area contributed by atoms with Crippen LogP contribution < -0.4 is 5.32 Å². The lowest BCUT2D eigenvalue weighted by Gasteiger charge is -2.57. The summed E-state index contributed by atoms with van der Waals surface area (Å²) < 4.78 is 2.02. The Balaban J connectivity index is 1.19. The number of aryl methyl sites for hydroxylation is 1. The number of rotatable bonds is 5. The van der Waals surface area contributed by atoms with Gasteiger partial charge in [0, 0.05) is 31.3 Å². The van der Waals surface area contributed by atoms with E-state index in [1.54, 1.807) is 11.8 Å². The van der Waals surface area contributed by atoms with E-state index in [0.29, 0.717) is 17.0 Å². The highest BCUT2D eigenvalue weighted by Gasteiger charge is 2.51. The summed E-state index contributed by atoms with van der Waals surface area (Å²) in [6, 6.07) is 9.94. The summed E-state index contributed by atoms with van der Waals surface area (Å²) >= 11 is 0. The lowest BCUT2D eigenvalue weighted by atomic mass is 9.49. The standard InChI is InChI=1S/C26H34N4O/c1-18-6-4-5-7-22(18)25(31)28-24-10-13-27-30(24)21-11-14-29(15-12-21)17-19-8-9-20-16-23(19)26(20,2)3/h4-8,10,13,20-21,23H,9,11-12,14-17H2,1-3H3,(H,28,31)/t20-,23-/m0/s1. The summed E-state index contributed by atoms with van der Waals surface area (Å²) in [5.74, 6) is 2.42. The molecule has 1 aromatic heterocycles. The SMILES string of the molecule is Cc1ccccc1C(=O)Nc1ccnn1C1CCN(CC2=CC[C@H]3C[C@@H]2C3(C)C)CC1. The van der Waals surface area contributed by atoms with E-state index in [4.69, 9.17) is 0 Å². The molecule has 0 radical (unpaired) electrons. The van der Waals surface area contributed by atoms with Gasteiger partial charge in [-0.3, -0.25) is 9.69 Å². The Morgan fingerprint density at radius 1 is 1.19 bits per heavy atom. The van der Waals surface area contributed by atoms with Crippen molar-refractivity contribution in [1.29, 1.82) is 0 Å². The van der Waals surface area contributed by atoms with Crippen LogP contribution in [0.15, 0.2) is 48.2 Å². The molecular weight excluding hydrogens is 384 g/mol. The number of allylic oxidation sites excluding steroid dienone is 1. The summed E-state index contributed by atoms with van der Waals surface area (Å²) in [5.41, 5.74) is 3.88. The van der Waals surface area contributed by atoms with Crippen molar-refractivity contribution in [3.63, 3.8) is 0 Å². The molecular formula is C26H34N4O. The molecule has 1 saturated heterocycles. The average molecular weight is 419 g/mol. The van der Waals surface area contributed by atoms with Gasteiger partial charge >= 0.3 is 0 Å². The number of nitrogens with one attached hydrogen (secondary N) is 1. The van der Waals surface area contributed by atoms with E-state index < -0.39 is 0 Å². The van der Waals surface area contributed by atoms with Crippen LogP contribution in [-0.2, 0) is 0 Å². The topological polar surface area (TPSA) is 50.2 Å². The first-order chi connectivity index (χ1) is 14.9. The van der Waals surface area contributed by atoms with Crippen molar-refractivity contribution in [1.82, 2.24) is 14.7 Å². The lowest BCUT2D eigenvalue weighted by Crippen LogP contribution is -2.50. The Kier molecular flexibility index (Phi) is 5.25. The Morgan fingerprint density at radius 3 is 2.68 bits per heavy atom. The first kappa shape index (κ1) is 20.5. The van der Waals surface area contributed by atoms with Crippen molar-refractivity contribution in [2.45, 2.75) is 52.5 Å². The number of likely N-dealkylation sites (tertiary alicyclic amines) is 1. The van der Waals surface area contributed by atoms with Gasteiger partial charge in [0.15, 0.2) is 0 Å². The van der Waals surface area contributed by atoms with Gasteiger partial charge in [0.05, 0.1) is 12.2 Å². The highest BCUT2D eigenvalue weighted by Crippen LogP contribution is 2.59. The van der Waals surface area contributed by atoms with E-state index >= 15 is 0 Å². The maximum atomic E-state index is 12.8. The molecule has 1 aromatic carbocycles. The molecule has 0 spiro atoms. The van der Waals surface area contributed by atoms with Crippen LogP contribution in [0.2, 0.25) is 0 Å². The molecule has 4 aliphatic rings. The predicted molar refractivity (Wildman–Crippen MR) is 124 cm³/mol. The second kappa shape index (κ2) is 7.94. The van der Waals surface area contributed by atoms with Gasteiger partial charge in [-0.15, -0.1) is 0 Å². The molecule has 31 heavy (non-hydrogen) atoms. The molecule has 6 rings (SSSR count). The Labute approximate surface area is 185 Å². The number of benzene rings is 1. The number of piperidine rings is 1. The fraction of sp³-hybridized carbons (Fsp3) is 0.538. The number of hydrogen-bond donors (Lipinski definition) is 1. The average Bonchev–Trinajstić information content (AvgIpc) is 3.22. The number of amides is 1. The molecule has 164 valence electrons. The normalized spacial score (nSPS) is 25.6. The van der Waals surface area contributed by atoms with Crippen LogP contribution >= 0.6 is 0 Å². The van der Waals surface area contributed by atoms with E-state index in [1.807, 2.05) is 41.9 Å². The number of nitrogens with zero attached hydrogens (tertiary/aromatic N) is 3. The minimum Gasteiger partial charge on any atom is -0.307 e. The second-order valence-corrected chi connectivity index (χ2v) is 10.3. The number of anilines is 1. The molecule has 1 aliphatic heterocycles. The molecule has 2 heterocycles. The maximum absolute atomic E-state index is 12.8. The summed E-state index contributed by atoms with van der Waals surface area (Å²) in [7, 11) is 0. The zero-order valence-electron chi connectivity index (χ0n) is 19.0. The van der Waals surface area contributed by atoms with E-state index in [9.17, 15) is 4.79 Å². The van der Waals surface area contributed by atoms with Gasteiger partial charge in [0.25, 0.3) is 5.91 Å². The minimum atomic E-state index is -0.0667. The third-order valence-electron chi connectivity index (χ3n) is 8.19. The highest BCUT2D eigenvalue weighted by atomic mass is 16.1. The Hall–Kier alpha value is -2.40. The summed E-state index contributed by atoms with van der Waals surface area (Å²) in [6.07, 6.45) is 9.13. The molecule has 2 fully saturated rings. The molecule has 0 unspecified atom stereocenters. The van der Waals surface area contributed by atoms with Crippen molar-refractivity contribution in [3.05, 3.63) is 59.3 Å². The third-order valence-corrected chi connectivity index (χ3v) is 8.19. The van der Waals surface area contributed by atoms with E-state index in [2.05, 4.69) is 35.2 Å². The van der Waals surface area contributed by atoms with Gasteiger partial charge in [-0.25, -0.2) is 4.68 Å². The maximum Gasteiger partial charge on any atom is 0.257 e. The number of carbonyl (C=O) groups excluding carboxylic acids is 1. The summed E-state index contributed by atoms with van der Waals surface area (Å²) in [6.45, 7) is 10.2. The van der Waals surface area contributed by atoms with Crippen molar-refractivity contribution >= 4 is 11.7 Å². The van der Waals surface area contributed by atoms with Gasteiger partial charge in [-0.2, -0.15) is 5.10 Å². The van der Waals surface area contributed by atoms with E-state index in [0.717, 1.165) is 55.7 Å². The van der Waals surface area contributed by atoms with Crippen LogP contribution in [0.5, 0.6) is 0 Å². The van der Waals surface area contributed by atoms with Crippen LogP contribution in [0.1, 0.15) is 61.5 Å². The van der Waals surface area contributed by atoms with Crippen molar-refractivity contribution in [3.8, 4) is 0 Å². The molecule has 1 amide bonds. The summed E-state index contributed by atoms with van der Waals surface area (Å²) in [4.78, 5) is 15.4. The number of hydrogen-bond acceptors (Lipinski definition) is 3. The van der Waals surface area contributed by atoms with Crippen molar-refractivity contribution in [2.24, 2.45) is 17.3 Å². The monoisotopic (exact) mass is 418 g/mol. The van der Waals surface area contributed by atoms with E-state index in [1.165, 1.54) is 12.8 Å². The van der Waals surface area contributed by atoms with E-state index in [-0.39, 0.29) is 5.91 Å². The highest BCUT2D eigenvalue weighted by molar-refractivity contribution is 6.04. The Bertz CT molecular complexity index is 996. The van der Waals surface area contributed by atoms with Crippen LogP contribution in [-0.4, -0.2) is 40.2 Å². The van der Waals surface area contributed by atoms with Gasteiger partial charge in [-0.1, -0.05) is 43.7 Å². The zero-order valence-corrected chi connectivity index (χ0v) is 19.0. The van der Waals surface area contributed by atoms with Gasteiger partial charge < -0.3 is 5.32 Å². The molecule has 2 atom stereocenters. The summed E-state index contributed by atoms with van der Waals surface area (Å²) in [5, 5.41) is 7.64. The van der Waals surface area contributed by atoms with Crippen molar-refractivity contribution in [2.75, 3.05) is 25.0 Å². The molecule has 1 saturated carbocycles. The van der Waals surface area contributed by atoms with Crippen LogP contribution in [0, 0.1) is 24.2 Å². The van der Waals surface area contributed by atoms with Gasteiger partial charge in [0.1, 0.15) is 5.82 Å². The molecule has 1 N–H and O–H groups in total. The quantitative estimate of drug-likeness (QED) is 0.690. The fourth-order valence-corrected chi connectivity index (χ4v) is 5.95. The molecule has 2 bridgehead atoms. The minimum absolute atomic E-state index is 0.0667. The predicted octanol–water partition coefficient (Wildman–Crippen LogP) is 5.07. The zero-order chi connectivity index (χ0) is 21.6. The smallest absolute Gasteiger partial charge is 0.257 e. The molecule has 5 nitrogen and oxygen atoms in total. The van der Waals surface area contributed by atoms with Crippen molar-refractivity contribution < 1.29 is 4.79 Å². The number of carbonyl (C=O) groups is 1. The van der Waals surface area contributed by atoms with Gasteiger partial charge in [0.2, 0.25) is 0 Å². The molecule has 2 aromatic rings.